The van der Waals surface area contributed by atoms with E-state index in [0.29, 0.717) is 38.2 Å². The molecule has 2 fully saturated rings. The van der Waals surface area contributed by atoms with Crippen molar-refractivity contribution in [2.75, 3.05) is 39.3 Å². The van der Waals surface area contributed by atoms with E-state index in [4.69, 9.17) is 0 Å². The first-order valence-corrected chi connectivity index (χ1v) is 11.7. The fraction of sp³-hybridized carbons (Fsp3) is 0.462. The topological polar surface area (TPSA) is 52.6 Å². The summed E-state index contributed by atoms with van der Waals surface area (Å²) in [6.45, 7) is 6.05. The molecule has 170 valence electrons. The molecule has 0 spiro atoms. The van der Waals surface area contributed by atoms with Crippen LogP contribution < -0.4 is 5.32 Å². The molecule has 2 aromatic carbocycles. The number of benzene rings is 2. The Morgan fingerprint density at radius 2 is 1.78 bits per heavy atom. The van der Waals surface area contributed by atoms with Gasteiger partial charge >= 0.3 is 0 Å². The van der Waals surface area contributed by atoms with Gasteiger partial charge in [0.1, 0.15) is 5.82 Å². The third-order valence-electron chi connectivity index (χ3n) is 6.74. The molecule has 2 saturated heterocycles. The summed E-state index contributed by atoms with van der Waals surface area (Å²) in [5, 5.41) is 3.31. The Morgan fingerprint density at radius 1 is 1.06 bits per heavy atom. The summed E-state index contributed by atoms with van der Waals surface area (Å²) >= 11 is 0. The SMILES string of the molecule is CCN1CCN(C(=O)C2CCNCC2)CC(Cc2ccc(-c3ccccc3F)cc2)C1=O. The summed E-state index contributed by atoms with van der Waals surface area (Å²) in [6, 6.07) is 14.5. The van der Waals surface area contributed by atoms with Crippen molar-refractivity contribution in [3.8, 4) is 11.1 Å². The smallest absolute Gasteiger partial charge is 0.227 e. The second-order valence-corrected chi connectivity index (χ2v) is 8.80. The van der Waals surface area contributed by atoms with Gasteiger partial charge in [0, 0.05) is 37.7 Å². The maximum absolute atomic E-state index is 14.1. The number of carbonyl (C=O) groups is 2. The normalized spacial score (nSPS) is 20.3. The number of hydrogen-bond donors (Lipinski definition) is 1. The summed E-state index contributed by atoms with van der Waals surface area (Å²) < 4.78 is 14.1. The molecule has 2 amide bonds. The standard InChI is InChI=1S/C26H32FN3O2/c1-2-29-15-16-30(25(31)21-11-13-28-14-12-21)18-22(26(29)32)17-19-7-9-20(10-8-19)23-5-3-4-6-24(23)27/h3-10,21-22,28H,2,11-18H2,1H3. The van der Waals surface area contributed by atoms with Gasteiger partial charge in [-0.15, -0.1) is 0 Å². The fourth-order valence-electron chi connectivity index (χ4n) is 4.84. The van der Waals surface area contributed by atoms with E-state index in [1.165, 1.54) is 6.07 Å². The Labute approximate surface area is 189 Å². The number of amides is 2. The molecule has 2 aliphatic rings. The van der Waals surface area contributed by atoms with E-state index >= 15 is 0 Å². The summed E-state index contributed by atoms with van der Waals surface area (Å²) in [7, 11) is 0. The number of hydrogen-bond acceptors (Lipinski definition) is 3. The van der Waals surface area contributed by atoms with Crippen molar-refractivity contribution >= 4 is 11.8 Å². The highest BCUT2D eigenvalue weighted by molar-refractivity contribution is 5.83. The van der Waals surface area contributed by atoms with Crippen molar-refractivity contribution in [1.29, 1.82) is 0 Å². The first-order valence-electron chi connectivity index (χ1n) is 11.7. The zero-order valence-corrected chi connectivity index (χ0v) is 18.7. The minimum absolute atomic E-state index is 0.0558. The van der Waals surface area contributed by atoms with Crippen LogP contribution in [0.25, 0.3) is 11.1 Å². The Kier molecular flexibility index (Phi) is 7.20. The quantitative estimate of drug-likeness (QED) is 0.781. The van der Waals surface area contributed by atoms with Crippen LogP contribution in [0.1, 0.15) is 25.3 Å². The lowest BCUT2D eigenvalue weighted by molar-refractivity contribution is -0.137. The molecule has 0 bridgehead atoms. The molecule has 4 rings (SSSR count). The van der Waals surface area contributed by atoms with E-state index in [2.05, 4.69) is 5.32 Å². The predicted octanol–water partition coefficient (Wildman–Crippen LogP) is 3.34. The van der Waals surface area contributed by atoms with Crippen LogP contribution in [0, 0.1) is 17.7 Å². The Bertz CT molecular complexity index is 940. The van der Waals surface area contributed by atoms with E-state index in [0.717, 1.165) is 37.1 Å². The van der Waals surface area contributed by atoms with Gasteiger partial charge in [0.2, 0.25) is 11.8 Å². The van der Waals surface area contributed by atoms with Crippen LogP contribution in [0.5, 0.6) is 0 Å². The molecule has 0 radical (unpaired) electrons. The molecule has 1 N–H and O–H groups in total. The highest BCUT2D eigenvalue weighted by atomic mass is 19.1. The van der Waals surface area contributed by atoms with Gasteiger partial charge in [-0.05, 0) is 56.5 Å². The minimum Gasteiger partial charge on any atom is -0.341 e. The average Bonchev–Trinajstić information content (AvgIpc) is 2.99. The molecule has 0 saturated carbocycles. The van der Waals surface area contributed by atoms with E-state index in [1.807, 2.05) is 47.1 Å². The number of nitrogens with zero attached hydrogens (tertiary/aromatic N) is 2. The van der Waals surface area contributed by atoms with E-state index in [1.54, 1.807) is 12.1 Å². The van der Waals surface area contributed by atoms with Crippen LogP contribution in [-0.2, 0) is 16.0 Å². The molecule has 2 heterocycles. The highest BCUT2D eigenvalue weighted by Gasteiger charge is 2.34. The molecule has 0 aromatic heterocycles. The molecule has 1 unspecified atom stereocenters. The molecular weight excluding hydrogens is 405 g/mol. The van der Waals surface area contributed by atoms with Crippen molar-refractivity contribution in [2.24, 2.45) is 11.8 Å². The van der Waals surface area contributed by atoms with Crippen LogP contribution in [0.15, 0.2) is 48.5 Å². The Morgan fingerprint density at radius 3 is 2.47 bits per heavy atom. The Balaban J connectivity index is 1.50. The zero-order valence-electron chi connectivity index (χ0n) is 18.7. The molecule has 32 heavy (non-hydrogen) atoms. The minimum atomic E-state index is -0.262. The maximum atomic E-state index is 14.1. The summed E-state index contributed by atoms with van der Waals surface area (Å²) in [5.74, 6) is -0.143. The molecule has 1 atom stereocenters. The first kappa shape index (κ1) is 22.5. The van der Waals surface area contributed by atoms with Gasteiger partial charge in [0.25, 0.3) is 0 Å². The van der Waals surface area contributed by atoms with Gasteiger partial charge in [-0.3, -0.25) is 9.59 Å². The van der Waals surface area contributed by atoms with Gasteiger partial charge in [-0.25, -0.2) is 4.39 Å². The summed E-state index contributed by atoms with van der Waals surface area (Å²) in [5.41, 5.74) is 2.41. The van der Waals surface area contributed by atoms with Crippen molar-refractivity contribution < 1.29 is 14.0 Å². The highest BCUT2D eigenvalue weighted by Crippen LogP contribution is 2.25. The summed E-state index contributed by atoms with van der Waals surface area (Å²) in [4.78, 5) is 30.1. The van der Waals surface area contributed by atoms with Gasteiger partial charge in [0.15, 0.2) is 0 Å². The molecule has 2 aromatic rings. The Hall–Kier alpha value is -2.73. The number of likely N-dealkylation sites (N-methyl/N-ethyl adjacent to an activating group) is 1. The number of nitrogens with one attached hydrogen (secondary N) is 1. The third-order valence-corrected chi connectivity index (χ3v) is 6.74. The van der Waals surface area contributed by atoms with Crippen molar-refractivity contribution in [3.63, 3.8) is 0 Å². The fourth-order valence-corrected chi connectivity index (χ4v) is 4.84. The molecule has 5 nitrogen and oxygen atoms in total. The number of rotatable bonds is 5. The predicted molar refractivity (Wildman–Crippen MR) is 123 cm³/mol. The number of carbonyl (C=O) groups excluding carboxylic acids is 2. The van der Waals surface area contributed by atoms with Crippen LogP contribution in [0.2, 0.25) is 0 Å². The average molecular weight is 438 g/mol. The van der Waals surface area contributed by atoms with Gasteiger partial charge in [0.05, 0.1) is 5.92 Å². The lowest BCUT2D eigenvalue weighted by atomic mass is 9.93. The van der Waals surface area contributed by atoms with Crippen LogP contribution >= 0.6 is 0 Å². The van der Waals surface area contributed by atoms with Crippen LogP contribution in [0.4, 0.5) is 4.39 Å². The molecular formula is C26H32FN3O2. The molecule has 0 aliphatic carbocycles. The largest absolute Gasteiger partial charge is 0.341 e. The number of halogens is 1. The lowest BCUT2D eigenvalue weighted by Crippen LogP contribution is -2.43. The second-order valence-electron chi connectivity index (χ2n) is 8.80. The van der Waals surface area contributed by atoms with Crippen LogP contribution in [0.3, 0.4) is 0 Å². The molecule has 2 aliphatic heterocycles. The van der Waals surface area contributed by atoms with Crippen molar-refractivity contribution in [3.05, 3.63) is 59.9 Å². The van der Waals surface area contributed by atoms with E-state index in [9.17, 15) is 14.0 Å². The molecule has 6 heteroatoms. The zero-order chi connectivity index (χ0) is 22.5. The van der Waals surface area contributed by atoms with Gasteiger partial charge in [-0.1, -0.05) is 42.5 Å². The number of piperidine rings is 1. The van der Waals surface area contributed by atoms with Gasteiger partial charge in [-0.2, -0.15) is 0 Å². The van der Waals surface area contributed by atoms with Crippen molar-refractivity contribution in [1.82, 2.24) is 15.1 Å². The summed E-state index contributed by atoms with van der Waals surface area (Å²) in [6.07, 6.45) is 2.30. The first-order chi connectivity index (χ1) is 15.6. The maximum Gasteiger partial charge on any atom is 0.227 e. The second kappa shape index (κ2) is 10.3. The van der Waals surface area contributed by atoms with Crippen LogP contribution in [-0.4, -0.2) is 60.9 Å². The monoisotopic (exact) mass is 437 g/mol. The van der Waals surface area contributed by atoms with E-state index < -0.39 is 0 Å². The third kappa shape index (κ3) is 5.01. The van der Waals surface area contributed by atoms with E-state index in [-0.39, 0.29) is 29.5 Å². The lowest BCUT2D eigenvalue weighted by Gasteiger charge is -2.30. The van der Waals surface area contributed by atoms with Crippen molar-refractivity contribution in [2.45, 2.75) is 26.2 Å². The van der Waals surface area contributed by atoms with Gasteiger partial charge < -0.3 is 15.1 Å².